The van der Waals surface area contributed by atoms with Crippen LogP contribution in [0.4, 0.5) is 0 Å². The van der Waals surface area contributed by atoms with E-state index in [0.717, 1.165) is 12.7 Å². The van der Waals surface area contributed by atoms with Crippen LogP contribution in [0, 0.1) is 5.41 Å². The molecule has 21 heavy (non-hydrogen) atoms. The fraction of sp³-hybridized carbons (Fsp3) is 0.444. The fourth-order valence-electron chi connectivity index (χ4n) is 2.88. The van der Waals surface area contributed by atoms with Crippen LogP contribution in [0.2, 0.25) is 6.32 Å². The Morgan fingerprint density at radius 2 is 1.76 bits per heavy atom. The maximum atomic E-state index is 6.32. The first-order valence-electron chi connectivity index (χ1n) is 7.68. The molecule has 0 saturated carbocycles. The maximum absolute atomic E-state index is 6.32. The Hall–Kier alpha value is -1.06. The van der Waals surface area contributed by atoms with Crippen LogP contribution >= 0.6 is 11.3 Å². The molecular weight excluding hydrogens is 275 g/mol. The molecule has 3 rings (SSSR count). The van der Waals surface area contributed by atoms with E-state index in [1.54, 1.807) is 0 Å². The summed E-state index contributed by atoms with van der Waals surface area (Å²) in [6.45, 7) is 9.30. The molecule has 1 saturated heterocycles. The maximum Gasteiger partial charge on any atom is 0.338 e. The second-order valence-corrected chi connectivity index (χ2v) is 8.37. The van der Waals surface area contributed by atoms with Crippen molar-refractivity contribution in [1.29, 1.82) is 0 Å². The Morgan fingerprint density at radius 3 is 2.38 bits per heavy atom. The molecule has 0 N–H and O–H groups in total. The topological polar surface area (TPSA) is 9.23 Å². The monoisotopic (exact) mass is 298 g/mol. The van der Waals surface area contributed by atoms with Crippen LogP contribution < -0.4 is 4.78 Å². The van der Waals surface area contributed by atoms with Gasteiger partial charge in [0.1, 0.15) is 0 Å². The molecule has 1 nitrogen and oxygen atoms in total. The third kappa shape index (κ3) is 2.95. The number of rotatable bonds is 3. The van der Waals surface area contributed by atoms with Crippen molar-refractivity contribution in [3.8, 4) is 0 Å². The van der Waals surface area contributed by atoms with Gasteiger partial charge in [-0.25, -0.2) is 0 Å². The van der Waals surface area contributed by atoms with Gasteiger partial charge in [-0.2, -0.15) is 11.3 Å². The molecule has 2 aromatic rings. The van der Waals surface area contributed by atoms with Gasteiger partial charge in [-0.15, -0.1) is 0 Å². The van der Waals surface area contributed by atoms with Gasteiger partial charge in [-0.3, -0.25) is 0 Å². The summed E-state index contributed by atoms with van der Waals surface area (Å²) in [5.41, 5.74) is 1.54. The quantitative estimate of drug-likeness (QED) is 0.764. The van der Waals surface area contributed by atoms with Gasteiger partial charge in [0.15, 0.2) is 0 Å². The summed E-state index contributed by atoms with van der Waals surface area (Å²) < 4.78 is 7.70. The molecule has 1 fully saturated rings. The summed E-state index contributed by atoms with van der Waals surface area (Å²) in [7, 11) is 0. The molecule has 0 radical (unpaired) electrons. The predicted octanol–water partition coefficient (Wildman–Crippen LogP) is 4.37. The second-order valence-electron chi connectivity index (χ2n) is 7.17. The lowest BCUT2D eigenvalue weighted by Gasteiger charge is -2.34. The van der Waals surface area contributed by atoms with Gasteiger partial charge >= 0.3 is 6.92 Å². The lowest BCUT2D eigenvalue weighted by molar-refractivity contribution is 0.0376. The van der Waals surface area contributed by atoms with Crippen molar-refractivity contribution in [1.82, 2.24) is 0 Å². The highest BCUT2D eigenvalue weighted by atomic mass is 32.1. The van der Waals surface area contributed by atoms with Gasteiger partial charge in [-0.1, -0.05) is 50.2 Å². The second kappa shape index (κ2) is 5.29. The summed E-state index contributed by atoms with van der Waals surface area (Å²) in [6.07, 6.45) is 2.12. The molecule has 0 aliphatic carbocycles. The first-order valence-corrected chi connectivity index (χ1v) is 8.49. The molecule has 0 unspecified atom stereocenters. The van der Waals surface area contributed by atoms with Gasteiger partial charge in [0.25, 0.3) is 0 Å². The Balaban J connectivity index is 1.74. The summed E-state index contributed by atoms with van der Waals surface area (Å²) in [6, 6.07) is 15.2. The van der Waals surface area contributed by atoms with E-state index in [-0.39, 0.29) is 17.9 Å². The number of benzene rings is 1. The van der Waals surface area contributed by atoms with Gasteiger partial charge < -0.3 is 4.65 Å². The molecule has 1 aromatic heterocycles. The smallest absolute Gasteiger partial charge is 0.338 e. The largest absolute Gasteiger partial charge is 0.425 e. The van der Waals surface area contributed by atoms with Gasteiger partial charge in [0, 0.05) is 16.1 Å². The molecule has 0 amide bonds. The van der Waals surface area contributed by atoms with Crippen molar-refractivity contribution in [2.45, 2.75) is 46.0 Å². The minimum atomic E-state index is -0.0543. The summed E-state index contributed by atoms with van der Waals surface area (Å²) in [4.78, 5) is 1.42. The van der Waals surface area contributed by atoms with Gasteiger partial charge in [-0.05, 0) is 37.2 Å². The van der Waals surface area contributed by atoms with E-state index in [1.807, 2.05) is 11.3 Å². The number of thiophene rings is 1. The summed E-state index contributed by atoms with van der Waals surface area (Å²) in [5.74, 6) is 0. The standard InChI is InChI=1S/C18H23BOS/c1-17(2)13-19(20-18(17,3)4)16-11-10-15(21-16)12-14-8-6-5-7-9-14/h5-11H,12-13H2,1-4H3. The van der Waals surface area contributed by atoms with Gasteiger partial charge in [0.05, 0.1) is 5.60 Å². The van der Waals surface area contributed by atoms with Gasteiger partial charge in [0.2, 0.25) is 0 Å². The summed E-state index contributed by atoms with van der Waals surface area (Å²) in [5, 5.41) is 0. The van der Waals surface area contributed by atoms with E-state index in [2.05, 4.69) is 70.2 Å². The van der Waals surface area contributed by atoms with Crippen LogP contribution in [0.25, 0.3) is 0 Å². The zero-order valence-corrected chi connectivity index (χ0v) is 14.2. The summed E-state index contributed by atoms with van der Waals surface area (Å²) >= 11 is 1.90. The fourth-order valence-corrected chi connectivity index (χ4v) is 3.96. The van der Waals surface area contributed by atoms with E-state index in [9.17, 15) is 0 Å². The Labute approximate surface area is 132 Å². The van der Waals surface area contributed by atoms with E-state index in [4.69, 9.17) is 4.65 Å². The Bertz CT molecular complexity index is 599. The Morgan fingerprint density at radius 1 is 1.05 bits per heavy atom. The van der Waals surface area contributed by atoms with Crippen LogP contribution in [0.1, 0.15) is 38.1 Å². The highest BCUT2D eigenvalue weighted by Crippen LogP contribution is 2.45. The SMILES string of the molecule is CC1(C)CB(c2ccc(Cc3ccccc3)s2)OC1(C)C. The van der Waals surface area contributed by atoms with Crippen LogP contribution in [-0.4, -0.2) is 12.5 Å². The number of hydrogen-bond donors (Lipinski definition) is 0. The van der Waals surface area contributed by atoms with Crippen molar-refractivity contribution in [2.24, 2.45) is 5.41 Å². The third-order valence-corrected chi connectivity index (χ3v) is 6.16. The molecule has 3 heteroatoms. The molecule has 0 bridgehead atoms. The molecule has 110 valence electrons. The normalized spacial score (nSPS) is 19.9. The van der Waals surface area contributed by atoms with Crippen molar-refractivity contribution in [3.05, 3.63) is 52.9 Å². The van der Waals surface area contributed by atoms with Crippen molar-refractivity contribution < 1.29 is 4.65 Å². The van der Waals surface area contributed by atoms with Crippen molar-refractivity contribution >= 4 is 23.0 Å². The predicted molar refractivity (Wildman–Crippen MR) is 92.7 cm³/mol. The van der Waals surface area contributed by atoms with Crippen molar-refractivity contribution in [3.63, 3.8) is 0 Å². The molecular formula is C18H23BOS. The minimum absolute atomic E-state index is 0.0543. The first kappa shape index (κ1) is 14.9. The van der Waals surface area contributed by atoms with Crippen LogP contribution in [-0.2, 0) is 11.1 Å². The average Bonchev–Trinajstić information content (AvgIpc) is 2.94. The zero-order chi connectivity index (χ0) is 15.1. The van der Waals surface area contributed by atoms with Crippen LogP contribution in [0.3, 0.4) is 0 Å². The van der Waals surface area contributed by atoms with E-state index in [1.165, 1.54) is 15.2 Å². The first-order chi connectivity index (χ1) is 9.87. The van der Waals surface area contributed by atoms with Crippen molar-refractivity contribution in [2.75, 3.05) is 0 Å². The molecule has 1 aromatic carbocycles. The lowest BCUT2D eigenvalue weighted by Crippen LogP contribution is -2.35. The van der Waals surface area contributed by atoms with Crippen LogP contribution in [0.15, 0.2) is 42.5 Å². The van der Waals surface area contributed by atoms with E-state index >= 15 is 0 Å². The average molecular weight is 298 g/mol. The van der Waals surface area contributed by atoms with E-state index < -0.39 is 0 Å². The molecule has 2 heterocycles. The molecule has 0 spiro atoms. The minimum Gasteiger partial charge on any atom is -0.425 e. The highest BCUT2D eigenvalue weighted by Gasteiger charge is 2.50. The highest BCUT2D eigenvalue weighted by molar-refractivity contribution is 7.23. The molecule has 1 aliphatic heterocycles. The third-order valence-electron chi connectivity index (χ3n) is 4.98. The number of hydrogen-bond acceptors (Lipinski definition) is 2. The zero-order valence-electron chi connectivity index (χ0n) is 13.3. The van der Waals surface area contributed by atoms with E-state index in [0.29, 0.717) is 0 Å². The Kier molecular flexibility index (Phi) is 3.75. The molecule has 0 atom stereocenters. The molecule has 1 aliphatic rings. The lowest BCUT2D eigenvalue weighted by atomic mass is 9.58. The van der Waals surface area contributed by atoms with Crippen LogP contribution in [0.5, 0.6) is 0 Å².